The molecule has 6 nitrogen and oxygen atoms in total. The summed E-state index contributed by atoms with van der Waals surface area (Å²) in [5.41, 5.74) is 1.96. The fourth-order valence-corrected chi connectivity index (χ4v) is 5.36. The Kier molecular flexibility index (Phi) is 6.20. The van der Waals surface area contributed by atoms with Crippen LogP contribution in [-0.2, 0) is 13.0 Å². The van der Waals surface area contributed by atoms with Gasteiger partial charge in [0.25, 0.3) is 0 Å². The van der Waals surface area contributed by atoms with Crippen LogP contribution < -0.4 is 4.74 Å². The van der Waals surface area contributed by atoms with Crippen molar-refractivity contribution in [1.82, 2.24) is 14.9 Å². The zero-order valence-electron chi connectivity index (χ0n) is 18.6. The molecule has 0 bridgehead atoms. The standard InChI is InChI=1S/C27H29N3O3/c31-25(24-14-29-26(15-28-24)33-19-21-9-5-2-6-10-21)18-30-16-22-12-27(32,13-23(22)17-30)11-20-7-3-1-4-8-20/h1-10,14-15,22-23,32H,11-13,16-19H2. The van der Waals surface area contributed by atoms with Gasteiger partial charge in [0.1, 0.15) is 12.3 Å². The van der Waals surface area contributed by atoms with Crippen molar-refractivity contribution in [3.05, 3.63) is 89.9 Å². The molecule has 1 saturated heterocycles. The van der Waals surface area contributed by atoms with Crippen molar-refractivity contribution in [1.29, 1.82) is 0 Å². The van der Waals surface area contributed by atoms with Crippen molar-refractivity contribution in [2.24, 2.45) is 11.8 Å². The lowest BCUT2D eigenvalue weighted by molar-refractivity contribution is 0.0355. The Hall–Kier alpha value is -3.09. The van der Waals surface area contributed by atoms with Crippen molar-refractivity contribution in [2.45, 2.75) is 31.5 Å². The van der Waals surface area contributed by atoms with Gasteiger partial charge < -0.3 is 9.84 Å². The Labute approximate surface area is 194 Å². The average molecular weight is 444 g/mol. The SMILES string of the molecule is O=C(CN1CC2CC(O)(Cc3ccccc3)CC2C1)c1cnc(OCc2ccccc2)cn1. The normalized spacial score (nSPS) is 24.5. The maximum atomic E-state index is 12.7. The minimum absolute atomic E-state index is 0.0309. The number of rotatable bonds is 8. The number of likely N-dealkylation sites (tertiary alicyclic amines) is 1. The number of aromatic nitrogens is 2. The zero-order chi connectivity index (χ0) is 22.7. The highest BCUT2D eigenvalue weighted by Gasteiger charge is 2.48. The van der Waals surface area contributed by atoms with E-state index in [1.54, 1.807) is 0 Å². The summed E-state index contributed by atoms with van der Waals surface area (Å²) in [4.78, 5) is 23.5. The van der Waals surface area contributed by atoms with Crippen LogP contribution in [0.25, 0.3) is 0 Å². The number of nitrogens with zero attached hydrogens (tertiary/aromatic N) is 3. The van der Waals surface area contributed by atoms with E-state index in [2.05, 4.69) is 27.0 Å². The molecular formula is C27H29N3O3. The first-order valence-electron chi connectivity index (χ1n) is 11.6. The van der Waals surface area contributed by atoms with E-state index in [1.807, 2.05) is 48.5 Å². The van der Waals surface area contributed by atoms with E-state index in [4.69, 9.17) is 4.74 Å². The van der Waals surface area contributed by atoms with E-state index in [1.165, 1.54) is 18.0 Å². The number of ketones is 1. The molecule has 2 atom stereocenters. The second-order valence-electron chi connectivity index (χ2n) is 9.45. The van der Waals surface area contributed by atoms with Crippen LogP contribution in [0.1, 0.15) is 34.5 Å². The van der Waals surface area contributed by atoms with Crippen LogP contribution in [-0.4, -0.2) is 51.0 Å². The number of benzene rings is 2. The molecule has 2 fully saturated rings. The summed E-state index contributed by atoms with van der Waals surface area (Å²) in [5, 5.41) is 11.1. The fraction of sp³-hybridized carbons (Fsp3) is 0.370. The van der Waals surface area contributed by atoms with Crippen molar-refractivity contribution in [3.8, 4) is 5.88 Å². The van der Waals surface area contributed by atoms with Crippen molar-refractivity contribution >= 4 is 5.78 Å². The zero-order valence-corrected chi connectivity index (χ0v) is 18.6. The van der Waals surface area contributed by atoms with Crippen LogP contribution in [0.2, 0.25) is 0 Å². The van der Waals surface area contributed by atoms with Gasteiger partial charge in [-0.2, -0.15) is 0 Å². The molecular weight excluding hydrogens is 414 g/mol. The molecule has 1 N–H and O–H groups in total. The predicted molar refractivity (Wildman–Crippen MR) is 125 cm³/mol. The van der Waals surface area contributed by atoms with Gasteiger partial charge in [0.05, 0.1) is 24.5 Å². The molecule has 2 aliphatic rings. The lowest BCUT2D eigenvalue weighted by Crippen LogP contribution is -2.34. The number of Topliss-reactive ketones (excluding diaryl/α,β-unsaturated/α-hetero) is 1. The van der Waals surface area contributed by atoms with Crippen LogP contribution in [0.4, 0.5) is 0 Å². The Morgan fingerprint density at radius 2 is 1.58 bits per heavy atom. The monoisotopic (exact) mass is 443 g/mol. The van der Waals surface area contributed by atoms with Crippen LogP contribution >= 0.6 is 0 Å². The summed E-state index contributed by atoms with van der Waals surface area (Å²) in [6, 6.07) is 20.1. The van der Waals surface area contributed by atoms with Gasteiger partial charge in [-0.1, -0.05) is 60.7 Å². The smallest absolute Gasteiger partial charge is 0.232 e. The first-order valence-corrected chi connectivity index (χ1v) is 11.6. The number of fused-ring (bicyclic) bond motifs is 1. The maximum absolute atomic E-state index is 12.7. The van der Waals surface area contributed by atoms with E-state index in [0.717, 1.165) is 31.5 Å². The van der Waals surface area contributed by atoms with Crippen LogP contribution in [0.15, 0.2) is 73.1 Å². The number of carbonyl (C=O) groups is 1. The molecule has 3 aromatic rings. The number of hydrogen-bond acceptors (Lipinski definition) is 6. The summed E-state index contributed by atoms with van der Waals surface area (Å²) >= 11 is 0. The molecule has 170 valence electrons. The van der Waals surface area contributed by atoms with Crippen LogP contribution in [0.5, 0.6) is 5.88 Å². The van der Waals surface area contributed by atoms with E-state index in [9.17, 15) is 9.90 Å². The van der Waals surface area contributed by atoms with E-state index in [-0.39, 0.29) is 5.78 Å². The van der Waals surface area contributed by atoms with Gasteiger partial charge in [-0.3, -0.25) is 9.69 Å². The molecule has 33 heavy (non-hydrogen) atoms. The molecule has 0 radical (unpaired) electrons. The lowest BCUT2D eigenvalue weighted by atomic mass is 9.91. The second kappa shape index (κ2) is 9.41. The molecule has 5 rings (SSSR count). The van der Waals surface area contributed by atoms with Crippen molar-refractivity contribution in [3.63, 3.8) is 0 Å². The molecule has 2 heterocycles. The predicted octanol–water partition coefficient (Wildman–Crippen LogP) is 3.55. The van der Waals surface area contributed by atoms with Crippen LogP contribution in [0, 0.1) is 11.8 Å². The molecule has 1 saturated carbocycles. The van der Waals surface area contributed by atoms with Gasteiger partial charge in [-0.15, -0.1) is 0 Å². The third-order valence-corrected chi connectivity index (χ3v) is 6.82. The molecule has 6 heteroatoms. The lowest BCUT2D eigenvalue weighted by Gasteiger charge is -2.26. The average Bonchev–Trinajstić information content (AvgIpc) is 3.33. The maximum Gasteiger partial charge on any atom is 0.232 e. The quantitative estimate of drug-likeness (QED) is 0.537. The molecule has 1 aliphatic carbocycles. The van der Waals surface area contributed by atoms with Crippen molar-refractivity contribution < 1.29 is 14.6 Å². The summed E-state index contributed by atoms with van der Waals surface area (Å²) in [5.74, 6) is 1.25. The highest BCUT2D eigenvalue weighted by atomic mass is 16.5. The molecule has 2 aromatic carbocycles. The summed E-state index contributed by atoms with van der Waals surface area (Å²) < 4.78 is 5.65. The third-order valence-electron chi connectivity index (χ3n) is 6.82. The Balaban J connectivity index is 1.11. The Morgan fingerprint density at radius 3 is 2.18 bits per heavy atom. The minimum atomic E-state index is -0.631. The first kappa shape index (κ1) is 21.7. The molecule has 1 aromatic heterocycles. The minimum Gasteiger partial charge on any atom is -0.472 e. The number of aliphatic hydroxyl groups is 1. The molecule has 2 unspecified atom stereocenters. The van der Waals surface area contributed by atoms with Gasteiger partial charge in [0.2, 0.25) is 5.88 Å². The largest absolute Gasteiger partial charge is 0.472 e. The number of carbonyl (C=O) groups excluding carboxylic acids is 1. The highest BCUT2D eigenvalue weighted by molar-refractivity contribution is 5.95. The van der Waals surface area contributed by atoms with E-state index in [0.29, 0.717) is 43.0 Å². The van der Waals surface area contributed by atoms with Gasteiger partial charge in [0.15, 0.2) is 5.78 Å². The second-order valence-corrected chi connectivity index (χ2v) is 9.45. The van der Waals surface area contributed by atoms with E-state index < -0.39 is 5.60 Å². The Morgan fingerprint density at radius 1 is 0.939 bits per heavy atom. The number of hydrogen-bond donors (Lipinski definition) is 1. The van der Waals surface area contributed by atoms with Gasteiger partial charge in [-0.05, 0) is 35.8 Å². The topological polar surface area (TPSA) is 75.6 Å². The highest BCUT2D eigenvalue weighted by Crippen LogP contribution is 2.45. The Bertz CT molecular complexity index is 1060. The van der Waals surface area contributed by atoms with Crippen LogP contribution in [0.3, 0.4) is 0 Å². The summed E-state index contributed by atoms with van der Waals surface area (Å²) in [6.45, 7) is 2.44. The van der Waals surface area contributed by atoms with E-state index >= 15 is 0 Å². The third kappa shape index (κ3) is 5.29. The first-order chi connectivity index (χ1) is 16.1. The molecule has 0 spiro atoms. The summed E-state index contributed by atoms with van der Waals surface area (Å²) in [6.07, 6.45) is 5.31. The van der Waals surface area contributed by atoms with Gasteiger partial charge >= 0.3 is 0 Å². The summed E-state index contributed by atoms with van der Waals surface area (Å²) in [7, 11) is 0. The molecule has 0 amide bonds. The fourth-order valence-electron chi connectivity index (χ4n) is 5.36. The van der Waals surface area contributed by atoms with Crippen molar-refractivity contribution in [2.75, 3.05) is 19.6 Å². The van der Waals surface area contributed by atoms with Gasteiger partial charge in [-0.25, -0.2) is 9.97 Å². The van der Waals surface area contributed by atoms with Gasteiger partial charge in [0, 0.05) is 19.5 Å². The molecule has 1 aliphatic heterocycles. The number of ether oxygens (including phenoxy) is 1.